The highest BCUT2D eigenvalue weighted by atomic mass is 16.5. The Kier molecular flexibility index (Phi) is 5.21. The van der Waals surface area contributed by atoms with E-state index in [1.165, 1.54) is 6.26 Å². The minimum atomic E-state index is -0.647. The average Bonchev–Trinajstić information content (AvgIpc) is 3.49. The van der Waals surface area contributed by atoms with E-state index in [9.17, 15) is 9.59 Å². The van der Waals surface area contributed by atoms with Gasteiger partial charge in [-0.3, -0.25) is 9.59 Å². The molecule has 0 bridgehead atoms. The predicted molar refractivity (Wildman–Crippen MR) is 105 cm³/mol. The molecule has 8 nitrogen and oxygen atoms in total. The normalized spacial score (nSPS) is 24.4. The fourth-order valence-corrected chi connectivity index (χ4v) is 4.56. The van der Waals surface area contributed by atoms with Crippen LogP contribution in [0.15, 0.2) is 35.3 Å². The molecule has 0 aromatic carbocycles. The van der Waals surface area contributed by atoms with Crippen LogP contribution in [0, 0.1) is 5.41 Å². The minimum absolute atomic E-state index is 0.0911. The summed E-state index contributed by atoms with van der Waals surface area (Å²) in [4.78, 5) is 34.7. The summed E-state index contributed by atoms with van der Waals surface area (Å²) < 4.78 is 12.5. The molecule has 0 aliphatic carbocycles. The Bertz CT molecular complexity index is 875. The van der Waals surface area contributed by atoms with E-state index in [1.54, 1.807) is 24.1 Å². The van der Waals surface area contributed by atoms with Gasteiger partial charge in [0.25, 0.3) is 5.91 Å². The number of ether oxygens (including phenoxy) is 1. The number of nitrogens with zero attached hydrogens (tertiary/aromatic N) is 4. The molecule has 2 aromatic rings. The molecule has 2 atom stereocenters. The quantitative estimate of drug-likeness (QED) is 0.742. The second-order valence-corrected chi connectivity index (χ2v) is 8.25. The number of likely N-dealkylation sites (tertiary alicyclic amines) is 2. The van der Waals surface area contributed by atoms with Crippen LogP contribution in [0.1, 0.15) is 48.5 Å². The lowest BCUT2D eigenvalue weighted by molar-refractivity contribution is -0.136. The third-order valence-corrected chi connectivity index (χ3v) is 6.24. The van der Waals surface area contributed by atoms with E-state index in [4.69, 9.17) is 9.15 Å². The summed E-state index contributed by atoms with van der Waals surface area (Å²) in [7, 11) is 1.64. The Labute approximate surface area is 170 Å². The molecule has 0 N–H and O–H groups in total. The number of aromatic nitrogens is 2. The zero-order valence-electron chi connectivity index (χ0n) is 17.2. The standard InChI is InChI=1S/C21H28N4O4/c1-15(2)25-12-17(22-14-25)16-11-24(19(26)18-5-4-9-29-18)13-21(16)6-7-23(20(21)27)8-10-28-3/h4-5,9,12,14-16H,6-8,10-11,13H2,1-3H3/t16-,21-/m1/s1. The Morgan fingerprint density at radius 1 is 1.45 bits per heavy atom. The number of hydrogen-bond donors (Lipinski definition) is 0. The molecule has 2 amide bonds. The maximum atomic E-state index is 13.5. The van der Waals surface area contributed by atoms with E-state index >= 15 is 0 Å². The number of methoxy groups -OCH3 is 1. The molecule has 2 aromatic heterocycles. The number of imidazole rings is 1. The highest BCUT2D eigenvalue weighted by Crippen LogP contribution is 2.49. The predicted octanol–water partition coefficient (Wildman–Crippen LogP) is 2.16. The van der Waals surface area contributed by atoms with Gasteiger partial charge in [-0.25, -0.2) is 4.98 Å². The highest BCUT2D eigenvalue weighted by Gasteiger charge is 2.58. The van der Waals surface area contributed by atoms with E-state index < -0.39 is 5.41 Å². The van der Waals surface area contributed by atoms with Gasteiger partial charge in [-0.05, 0) is 32.4 Å². The average molecular weight is 400 g/mol. The topological polar surface area (TPSA) is 80.8 Å². The smallest absolute Gasteiger partial charge is 0.289 e. The molecule has 2 fully saturated rings. The third-order valence-electron chi connectivity index (χ3n) is 6.24. The van der Waals surface area contributed by atoms with Crippen LogP contribution in [0.2, 0.25) is 0 Å². The zero-order valence-corrected chi connectivity index (χ0v) is 17.2. The first-order valence-corrected chi connectivity index (χ1v) is 10.1. The van der Waals surface area contributed by atoms with Crippen LogP contribution in [0.3, 0.4) is 0 Å². The van der Waals surface area contributed by atoms with Crippen LogP contribution in [-0.2, 0) is 9.53 Å². The van der Waals surface area contributed by atoms with Crippen LogP contribution in [0.4, 0.5) is 0 Å². The molecule has 8 heteroatoms. The van der Waals surface area contributed by atoms with Crippen LogP contribution in [0.5, 0.6) is 0 Å². The molecule has 29 heavy (non-hydrogen) atoms. The number of carbonyl (C=O) groups excluding carboxylic acids is 2. The lowest BCUT2D eigenvalue weighted by Gasteiger charge is -2.27. The van der Waals surface area contributed by atoms with Gasteiger partial charge < -0.3 is 23.5 Å². The maximum Gasteiger partial charge on any atom is 0.289 e. The van der Waals surface area contributed by atoms with Gasteiger partial charge in [0.05, 0.1) is 30.3 Å². The van der Waals surface area contributed by atoms with Crippen LogP contribution in [0.25, 0.3) is 0 Å². The Morgan fingerprint density at radius 2 is 2.28 bits per heavy atom. The van der Waals surface area contributed by atoms with E-state index in [2.05, 4.69) is 18.8 Å². The molecule has 2 aliphatic heterocycles. The van der Waals surface area contributed by atoms with Gasteiger partial charge in [-0.15, -0.1) is 0 Å². The van der Waals surface area contributed by atoms with Crippen LogP contribution in [-0.4, -0.2) is 71.1 Å². The Morgan fingerprint density at radius 3 is 2.93 bits per heavy atom. The van der Waals surface area contributed by atoms with Gasteiger partial charge in [-0.2, -0.15) is 0 Å². The number of furan rings is 1. The zero-order chi connectivity index (χ0) is 20.6. The van der Waals surface area contributed by atoms with Crippen molar-refractivity contribution in [2.45, 2.75) is 32.2 Å². The molecule has 0 saturated carbocycles. The van der Waals surface area contributed by atoms with Gasteiger partial charge >= 0.3 is 0 Å². The van der Waals surface area contributed by atoms with Gasteiger partial charge in [0.2, 0.25) is 5.91 Å². The lowest BCUT2D eigenvalue weighted by atomic mass is 9.75. The Hall–Kier alpha value is -2.61. The second kappa shape index (κ2) is 7.67. The molecule has 1 spiro atoms. The molecular formula is C21H28N4O4. The summed E-state index contributed by atoms with van der Waals surface area (Å²) in [6.45, 7) is 6.77. The largest absolute Gasteiger partial charge is 0.459 e. The van der Waals surface area contributed by atoms with Crippen LogP contribution >= 0.6 is 0 Å². The van der Waals surface area contributed by atoms with Crippen molar-refractivity contribution in [3.63, 3.8) is 0 Å². The number of rotatable bonds is 6. The van der Waals surface area contributed by atoms with Gasteiger partial charge in [0, 0.05) is 51.4 Å². The first-order valence-electron chi connectivity index (χ1n) is 10.1. The van der Waals surface area contributed by atoms with E-state index in [1.807, 2.05) is 22.0 Å². The van der Waals surface area contributed by atoms with Crippen molar-refractivity contribution in [1.82, 2.24) is 19.4 Å². The van der Waals surface area contributed by atoms with Crippen molar-refractivity contribution in [1.29, 1.82) is 0 Å². The fourth-order valence-electron chi connectivity index (χ4n) is 4.56. The highest BCUT2D eigenvalue weighted by molar-refractivity contribution is 5.94. The summed E-state index contributed by atoms with van der Waals surface area (Å²) in [6.07, 6.45) is 6.03. The first kappa shape index (κ1) is 19.7. The molecule has 0 unspecified atom stereocenters. The summed E-state index contributed by atoms with van der Waals surface area (Å²) in [5.74, 6) is 0.0772. The summed E-state index contributed by atoms with van der Waals surface area (Å²) in [6, 6.07) is 3.65. The molecule has 156 valence electrons. The van der Waals surface area contributed by atoms with Crippen molar-refractivity contribution >= 4 is 11.8 Å². The SMILES string of the molecule is COCCN1CC[C@]2(CN(C(=O)c3ccco3)C[C@@H]2c2cn(C(C)C)cn2)C1=O. The van der Waals surface area contributed by atoms with Crippen molar-refractivity contribution in [2.24, 2.45) is 5.41 Å². The summed E-state index contributed by atoms with van der Waals surface area (Å²) in [5.41, 5.74) is 0.224. The van der Waals surface area contributed by atoms with E-state index in [-0.39, 0.29) is 23.8 Å². The monoisotopic (exact) mass is 400 g/mol. The van der Waals surface area contributed by atoms with Crippen molar-refractivity contribution in [3.05, 3.63) is 42.4 Å². The van der Waals surface area contributed by atoms with Crippen molar-refractivity contribution < 1.29 is 18.7 Å². The third kappa shape index (κ3) is 3.35. The number of amides is 2. The Balaban J connectivity index is 1.66. The lowest BCUT2D eigenvalue weighted by Crippen LogP contribution is -2.41. The van der Waals surface area contributed by atoms with E-state index in [0.29, 0.717) is 45.0 Å². The van der Waals surface area contributed by atoms with Crippen LogP contribution < -0.4 is 0 Å². The molecule has 4 rings (SSSR count). The summed E-state index contributed by atoms with van der Waals surface area (Å²) in [5, 5.41) is 0. The summed E-state index contributed by atoms with van der Waals surface area (Å²) >= 11 is 0. The van der Waals surface area contributed by atoms with Gasteiger partial charge in [0.15, 0.2) is 5.76 Å². The number of hydrogen-bond acceptors (Lipinski definition) is 5. The minimum Gasteiger partial charge on any atom is -0.459 e. The molecule has 4 heterocycles. The maximum absolute atomic E-state index is 13.5. The fraction of sp³-hybridized carbons (Fsp3) is 0.571. The molecule has 0 radical (unpaired) electrons. The first-order chi connectivity index (χ1) is 14.0. The molecule has 2 aliphatic rings. The molecule has 2 saturated heterocycles. The van der Waals surface area contributed by atoms with Gasteiger partial charge in [-0.1, -0.05) is 0 Å². The van der Waals surface area contributed by atoms with Crippen molar-refractivity contribution in [3.8, 4) is 0 Å². The van der Waals surface area contributed by atoms with Gasteiger partial charge in [0.1, 0.15) is 0 Å². The molecular weight excluding hydrogens is 372 g/mol. The van der Waals surface area contributed by atoms with Crippen molar-refractivity contribution in [2.75, 3.05) is 39.9 Å². The second-order valence-electron chi connectivity index (χ2n) is 8.25. The van der Waals surface area contributed by atoms with E-state index in [0.717, 1.165) is 5.69 Å². The number of carbonyl (C=O) groups is 2.